The Morgan fingerprint density at radius 3 is 2.96 bits per heavy atom. The van der Waals surface area contributed by atoms with Gasteiger partial charge in [0.05, 0.1) is 24.2 Å². The minimum atomic E-state index is -0.777. The third kappa shape index (κ3) is 2.57. The maximum absolute atomic E-state index is 13.5. The number of nitrogens with zero attached hydrogens (tertiary/aromatic N) is 5. The van der Waals surface area contributed by atoms with Crippen molar-refractivity contribution in [3.63, 3.8) is 0 Å². The highest BCUT2D eigenvalue weighted by atomic mass is 19.1. The zero-order valence-electron chi connectivity index (χ0n) is 13.8. The number of aromatic amines is 1. The summed E-state index contributed by atoms with van der Waals surface area (Å²) in [6.45, 7) is 3.09. The van der Waals surface area contributed by atoms with E-state index in [0.717, 1.165) is 47.5 Å². The van der Waals surface area contributed by atoms with Crippen molar-refractivity contribution in [3.8, 4) is 11.1 Å². The smallest absolute Gasteiger partial charge is 0.160 e. The molecule has 0 bridgehead atoms. The Balaban J connectivity index is 1.49. The Morgan fingerprint density at radius 1 is 1.20 bits per heavy atom. The number of nitrogens with one attached hydrogen (secondary N) is 2. The van der Waals surface area contributed by atoms with Crippen LogP contribution in [0.15, 0.2) is 24.7 Å². The number of hydrogen-bond acceptors (Lipinski definition) is 5. The molecule has 0 aliphatic carbocycles. The van der Waals surface area contributed by atoms with E-state index >= 15 is 0 Å². The number of rotatable bonds is 3. The SMILES string of the molecule is FC1CCN(c2n[nH]c3ncc(-c4cnn(C5CCNC5)c4)cc23)C1. The molecule has 5 heterocycles. The van der Waals surface area contributed by atoms with Crippen LogP contribution in [0.5, 0.6) is 0 Å². The fourth-order valence-corrected chi connectivity index (χ4v) is 3.75. The molecule has 0 amide bonds. The normalized spacial score (nSPS) is 23.8. The molecule has 2 saturated heterocycles. The van der Waals surface area contributed by atoms with Gasteiger partial charge < -0.3 is 10.2 Å². The van der Waals surface area contributed by atoms with Crippen molar-refractivity contribution in [3.05, 3.63) is 24.7 Å². The van der Waals surface area contributed by atoms with Crippen LogP contribution in [0.4, 0.5) is 10.2 Å². The molecule has 2 N–H and O–H groups in total. The third-order valence-corrected chi connectivity index (χ3v) is 5.17. The number of fused-ring (bicyclic) bond motifs is 1. The van der Waals surface area contributed by atoms with E-state index < -0.39 is 6.17 Å². The summed E-state index contributed by atoms with van der Waals surface area (Å²) in [6.07, 6.45) is 6.68. The van der Waals surface area contributed by atoms with Gasteiger partial charge in [0.1, 0.15) is 6.17 Å². The van der Waals surface area contributed by atoms with Crippen molar-refractivity contribution in [2.75, 3.05) is 31.1 Å². The fourth-order valence-electron chi connectivity index (χ4n) is 3.75. The number of H-pyrrole nitrogens is 1. The maximum atomic E-state index is 13.5. The number of pyridine rings is 1. The summed E-state index contributed by atoms with van der Waals surface area (Å²) >= 11 is 0. The van der Waals surface area contributed by atoms with E-state index in [2.05, 4.69) is 37.9 Å². The molecule has 2 fully saturated rings. The van der Waals surface area contributed by atoms with E-state index in [0.29, 0.717) is 25.6 Å². The topological polar surface area (TPSA) is 74.7 Å². The minimum Gasteiger partial charge on any atom is -0.352 e. The number of anilines is 1. The fraction of sp³-hybridized carbons (Fsp3) is 0.471. The van der Waals surface area contributed by atoms with E-state index in [4.69, 9.17) is 0 Å². The summed E-state index contributed by atoms with van der Waals surface area (Å²) in [7, 11) is 0. The molecule has 5 rings (SSSR count). The van der Waals surface area contributed by atoms with Gasteiger partial charge in [0.2, 0.25) is 0 Å². The first-order valence-corrected chi connectivity index (χ1v) is 8.76. The molecular formula is C17H20FN7. The first kappa shape index (κ1) is 14.8. The molecule has 0 saturated carbocycles. The van der Waals surface area contributed by atoms with Gasteiger partial charge in [0, 0.05) is 36.6 Å². The molecule has 0 spiro atoms. The number of halogens is 1. The van der Waals surface area contributed by atoms with Crippen LogP contribution in [-0.2, 0) is 0 Å². The maximum Gasteiger partial charge on any atom is 0.160 e. The Kier molecular flexibility index (Phi) is 3.44. The van der Waals surface area contributed by atoms with Crippen molar-refractivity contribution >= 4 is 16.9 Å². The highest BCUT2D eigenvalue weighted by Crippen LogP contribution is 2.30. The second-order valence-electron chi connectivity index (χ2n) is 6.85. The molecule has 2 atom stereocenters. The molecule has 3 aromatic rings. The average molecular weight is 341 g/mol. The molecule has 2 aliphatic heterocycles. The van der Waals surface area contributed by atoms with E-state index in [1.54, 1.807) is 0 Å². The third-order valence-electron chi connectivity index (χ3n) is 5.17. The van der Waals surface area contributed by atoms with Gasteiger partial charge in [-0.3, -0.25) is 9.78 Å². The average Bonchev–Trinajstić information content (AvgIpc) is 3.39. The van der Waals surface area contributed by atoms with Crippen LogP contribution >= 0.6 is 0 Å². The van der Waals surface area contributed by atoms with Gasteiger partial charge in [-0.15, -0.1) is 0 Å². The second-order valence-corrected chi connectivity index (χ2v) is 6.85. The summed E-state index contributed by atoms with van der Waals surface area (Å²) in [5, 5.41) is 16.1. The molecular weight excluding hydrogens is 321 g/mol. The van der Waals surface area contributed by atoms with Crippen LogP contribution in [0.25, 0.3) is 22.2 Å². The van der Waals surface area contributed by atoms with Gasteiger partial charge in [0.25, 0.3) is 0 Å². The van der Waals surface area contributed by atoms with Crippen LogP contribution < -0.4 is 10.2 Å². The monoisotopic (exact) mass is 341 g/mol. The standard InChI is InChI=1S/C17H20FN7/c18-13-2-4-24(10-13)17-15-5-11(6-20-16(15)22-23-17)12-7-21-25(9-12)14-1-3-19-8-14/h5-7,9,13-14,19H,1-4,8,10H2,(H,20,22,23). The summed E-state index contributed by atoms with van der Waals surface area (Å²) < 4.78 is 15.6. The van der Waals surface area contributed by atoms with Crippen LogP contribution in [-0.4, -0.2) is 57.3 Å². The van der Waals surface area contributed by atoms with E-state index in [-0.39, 0.29) is 0 Å². The second kappa shape index (κ2) is 5.80. The van der Waals surface area contributed by atoms with E-state index in [1.165, 1.54) is 0 Å². The van der Waals surface area contributed by atoms with Crippen molar-refractivity contribution in [1.82, 2.24) is 30.3 Å². The summed E-state index contributed by atoms with van der Waals surface area (Å²) in [5.41, 5.74) is 2.77. The lowest BCUT2D eigenvalue weighted by molar-refractivity contribution is 0.364. The Bertz CT molecular complexity index is 895. The number of alkyl halides is 1. The van der Waals surface area contributed by atoms with Crippen molar-refractivity contribution in [2.24, 2.45) is 0 Å². The molecule has 3 aromatic heterocycles. The molecule has 7 nitrogen and oxygen atoms in total. The van der Waals surface area contributed by atoms with Gasteiger partial charge in [0.15, 0.2) is 11.5 Å². The van der Waals surface area contributed by atoms with Crippen LogP contribution in [0.1, 0.15) is 18.9 Å². The lowest BCUT2D eigenvalue weighted by atomic mass is 10.1. The largest absolute Gasteiger partial charge is 0.352 e. The Hall–Kier alpha value is -2.48. The number of aromatic nitrogens is 5. The molecule has 130 valence electrons. The lowest BCUT2D eigenvalue weighted by Gasteiger charge is -2.14. The highest BCUT2D eigenvalue weighted by Gasteiger charge is 2.25. The molecule has 2 unspecified atom stereocenters. The van der Waals surface area contributed by atoms with Crippen molar-refractivity contribution in [2.45, 2.75) is 25.1 Å². The molecule has 8 heteroatoms. The first-order chi connectivity index (χ1) is 12.3. The first-order valence-electron chi connectivity index (χ1n) is 8.76. The summed E-state index contributed by atoms with van der Waals surface area (Å²) in [5.74, 6) is 0.789. The minimum absolute atomic E-state index is 0.400. The molecule has 25 heavy (non-hydrogen) atoms. The number of hydrogen-bond donors (Lipinski definition) is 2. The highest BCUT2D eigenvalue weighted by molar-refractivity contribution is 5.90. The molecule has 0 aromatic carbocycles. The van der Waals surface area contributed by atoms with Gasteiger partial charge >= 0.3 is 0 Å². The lowest BCUT2D eigenvalue weighted by Crippen LogP contribution is -2.20. The van der Waals surface area contributed by atoms with Crippen LogP contribution in [0.3, 0.4) is 0 Å². The Labute approximate surface area is 144 Å². The van der Waals surface area contributed by atoms with Crippen molar-refractivity contribution in [1.29, 1.82) is 0 Å². The molecule has 0 radical (unpaired) electrons. The van der Waals surface area contributed by atoms with Gasteiger partial charge in [-0.05, 0) is 25.5 Å². The van der Waals surface area contributed by atoms with Crippen LogP contribution in [0.2, 0.25) is 0 Å². The molecule has 2 aliphatic rings. The van der Waals surface area contributed by atoms with Gasteiger partial charge in [-0.1, -0.05) is 0 Å². The van der Waals surface area contributed by atoms with Crippen molar-refractivity contribution < 1.29 is 4.39 Å². The Morgan fingerprint density at radius 2 is 2.16 bits per heavy atom. The predicted molar refractivity (Wildman–Crippen MR) is 93.4 cm³/mol. The quantitative estimate of drug-likeness (QED) is 0.761. The predicted octanol–water partition coefficient (Wildman–Crippen LogP) is 1.90. The van der Waals surface area contributed by atoms with Gasteiger partial charge in [-0.2, -0.15) is 10.2 Å². The zero-order valence-corrected chi connectivity index (χ0v) is 13.8. The van der Waals surface area contributed by atoms with E-state index in [9.17, 15) is 4.39 Å². The zero-order chi connectivity index (χ0) is 16.8. The summed E-state index contributed by atoms with van der Waals surface area (Å²) in [4.78, 5) is 6.48. The van der Waals surface area contributed by atoms with Gasteiger partial charge in [-0.25, -0.2) is 9.37 Å². The summed E-state index contributed by atoms with van der Waals surface area (Å²) in [6, 6.07) is 2.49. The van der Waals surface area contributed by atoms with E-state index in [1.807, 2.05) is 22.0 Å². The van der Waals surface area contributed by atoms with Crippen LogP contribution in [0, 0.1) is 0 Å².